The Kier molecular flexibility index (Phi) is 5.56. The van der Waals surface area contributed by atoms with E-state index in [9.17, 15) is 0 Å². The quantitative estimate of drug-likeness (QED) is 0.732. The fourth-order valence-electron chi connectivity index (χ4n) is 1.41. The van der Waals surface area contributed by atoms with Crippen molar-refractivity contribution >= 4 is 5.95 Å². The highest BCUT2D eigenvalue weighted by atomic mass is 16.5. The van der Waals surface area contributed by atoms with E-state index in [1.165, 1.54) is 0 Å². The maximum Gasteiger partial charge on any atom is 0.225 e. The summed E-state index contributed by atoms with van der Waals surface area (Å²) >= 11 is 0. The first-order chi connectivity index (χ1) is 7.80. The molecule has 1 aromatic rings. The van der Waals surface area contributed by atoms with E-state index < -0.39 is 0 Å². The van der Waals surface area contributed by atoms with Crippen LogP contribution < -0.4 is 10.1 Å². The van der Waals surface area contributed by atoms with Crippen molar-refractivity contribution < 1.29 is 9.84 Å². The highest BCUT2D eigenvalue weighted by Gasteiger charge is 2.06. The van der Waals surface area contributed by atoms with Crippen molar-refractivity contribution in [1.82, 2.24) is 9.97 Å². The van der Waals surface area contributed by atoms with Gasteiger partial charge in [-0.2, -0.15) is 4.98 Å². The second-order valence-corrected chi connectivity index (χ2v) is 3.59. The lowest BCUT2D eigenvalue weighted by Crippen LogP contribution is -2.16. The van der Waals surface area contributed by atoms with Crippen LogP contribution in [-0.4, -0.2) is 35.3 Å². The molecule has 1 atom stereocenters. The summed E-state index contributed by atoms with van der Waals surface area (Å²) in [6.45, 7) is 3.10. The summed E-state index contributed by atoms with van der Waals surface area (Å²) in [5.74, 6) is 1.56. The number of anilines is 1. The average molecular weight is 225 g/mol. The van der Waals surface area contributed by atoms with E-state index in [-0.39, 0.29) is 6.61 Å². The Morgan fingerprint density at radius 1 is 1.56 bits per heavy atom. The Morgan fingerprint density at radius 3 is 3.00 bits per heavy atom. The second-order valence-electron chi connectivity index (χ2n) is 3.59. The molecule has 0 spiro atoms. The molecule has 0 saturated carbocycles. The SMILES string of the molecule is CCC(CCO)CNc1nccc(OC)n1. The summed E-state index contributed by atoms with van der Waals surface area (Å²) in [6, 6.07) is 1.70. The number of nitrogens with one attached hydrogen (secondary N) is 1. The van der Waals surface area contributed by atoms with Gasteiger partial charge in [0, 0.05) is 25.4 Å². The standard InChI is InChI=1S/C11H19N3O2/c1-3-9(5-7-15)8-13-11-12-6-4-10(14-11)16-2/h4,6,9,15H,3,5,7-8H2,1-2H3,(H,12,13,14). The molecule has 1 unspecified atom stereocenters. The van der Waals surface area contributed by atoms with Crippen LogP contribution in [0.1, 0.15) is 19.8 Å². The summed E-state index contributed by atoms with van der Waals surface area (Å²) in [5.41, 5.74) is 0. The van der Waals surface area contributed by atoms with Gasteiger partial charge in [-0.25, -0.2) is 4.98 Å². The highest BCUT2D eigenvalue weighted by molar-refractivity contribution is 5.27. The molecule has 16 heavy (non-hydrogen) atoms. The Morgan fingerprint density at radius 2 is 2.38 bits per heavy atom. The van der Waals surface area contributed by atoms with Gasteiger partial charge in [0.25, 0.3) is 0 Å². The number of hydrogen-bond acceptors (Lipinski definition) is 5. The van der Waals surface area contributed by atoms with Crippen LogP contribution >= 0.6 is 0 Å². The molecule has 0 aliphatic rings. The zero-order valence-electron chi connectivity index (χ0n) is 9.81. The van der Waals surface area contributed by atoms with Crippen molar-refractivity contribution in [3.8, 4) is 5.88 Å². The molecule has 0 saturated heterocycles. The maximum atomic E-state index is 8.87. The topological polar surface area (TPSA) is 67.3 Å². The monoisotopic (exact) mass is 225 g/mol. The van der Waals surface area contributed by atoms with Crippen LogP contribution in [0.4, 0.5) is 5.95 Å². The number of aliphatic hydroxyl groups excluding tert-OH is 1. The van der Waals surface area contributed by atoms with Crippen LogP contribution in [0, 0.1) is 5.92 Å². The van der Waals surface area contributed by atoms with Gasteiger partial charge < -0.3 is 15.2 Å². The molecular weight excluding hydrogens is 206 g/mol. The minimum Gasteiger partial charge on any atom is -0.481 e. The number of methoxy groups -OCH3 is 1. The molecule has 5 heteroatoms. The zero-order valence-corrected chi connectivity index (χ0v) is 9.81. The first-order valence-electron chi connectivity index (χ1n) is 5.52. The number of aromatic nitrogens is 2. The largest absolute Gasteiger partial charge is 0.481 e. The lowest BCUT2D eigenvalue weighted by atomic mass is 10.0. The van der Waals surface area contributed by atoms with Crippen LogP contribution in [0.2, 0.25) is 0 Å². The van der Waals surface area contributed by atoms with Crippen molar-refractivity contribution in [3.05, 3.63) is 12.3 Å². The molecule has 2 N–H and O–H groups in total. The Balaban J connectivity index is 2.46. The molecule has 0 fully saturated rings. The summed E-state index contributed by atoms with van der Waals surface area (Å²) in [7, 11) is 1.58. The minimum atomic E-state index is 0.221. The fourth-order valence-corrected chi connectivity index (χ4v) is 1.41. The van der Waals surface area contributed by atoms with E-state index >= 15 is 0 Å². The van der Waals surface area contributed by atoms with Crippen molar-refractivity contribution in [1.29, 1.82) is 0 Å². The first-order valence-corrected chi connectivity index (χ1v) is 5.52. The van der Waals surface area contributed by atoms with E-state index in [1.54, 1.807) is 19.4 Å². The van der Waals surface area contributed by atoms with E-state index in [0.29, 0.717) is 17.7 Å². The number of nitrogens with zero attached hydrogens (tertiary/aromatic N) is 2. The molecule has 0 bridgehead atoms. The van der Waals surface area contributed by atoms with Crippen LogP contribution in [-0.2, 0) is 0 Å². The van der Waals surface area contributed by atoms with Gasteiger partial charge in [-0.1, -0.05) is 13.3 Å². The molecule has 5 nitrogen and oxygen atoms in total. The Bertz CT molecular complexity index is 307. The molecule has 1 heterocycles. The molecule has 90 valence electrons. The van der Waals surface area contributed by atoms with E-state index in [4.69, 9.17) is 9.84 Å². The van der Waals surface area contributed by atoms with Crippen molar-refractivity contribution in [3.63, 3.8) is 0 Å². The molecule has 0 aromatic carbocycles. The van der Waals surface area contributed by atoms with E-state index in [1.807, 2.05) is 0 Å². The molecule has 0 radical (unpaired) electrons. The normalized spacial score (nSPS) is 12.2. The third-order valence-electron chi connectivity index (χ3n) is 2.50. The van der Waals surface area contributed by atoms with Crippen LogP contribution in [0.15, 0.2) is 12.3 Å². The number of ether oxygens (including phenoxy) is 1. The smallest absolute Gasteiger partial charge is 0.225 e. The Labute approximate surface area is 95.9 Å². The summed E-state index contributed by atoms with van der Waals surface area (Å²) in [5, 5.41) is 12.0. The molecular formula is C11H19N3O2. The molecule has 0 aliphatic heterocycles. The maximum absolute atomic E-state index is 8.87. The predicted molar refractivity (Wildman–Crippen MR) is 62.6 cm³/mol. The third-order valence-corrected chi connectivity index (χ3v) is 2.50. The lowest BCUT2D eigenvalue weighted by Gasteiger charge is -2.14. The van der Waals surface area contributed by atoms with Crippen molar-refractivity contribution in [2.75, 3.05) is 25.6 Å². The minimum absolute atomic E-state index is 0.221. The highest BCUT2D eigenvalue weighted by Crippen LogP contribution is 2.11. The average Bonchev–Trinajstić information content (AvgIpc) is 2.34. The van der Waals surface area contributed by atoms with Crippen molar-refractivity contribution in [2.45, 2.75) is 19.8 Å². The third kappa shape index (κ3) is 4.02. The van der Waals surface area contributed by atoms with Crippen molar-refractivity contribution in [2.24, 2.45) is 5.92 Å². The number of hydrogen-bond donors (Lipinski definition) is 2. The van der Waals surface area contributed by atoms with Crippen LogP contribution in [0.25, 0.3) is 0 Å². The summed E-state index contributed by atoms with van der Waals surface area (Å²) in [4.78, 5) is 8.24. The number of aliphatic hydroxyl groups is 1. The Hall–Kier alpha value is -1.36. The van der Waals surface area contributed by atoms with E-state index in [0.717, 1.165) is 19.4 Å². The van der Waals surface area contributed by atoms with Gasteiger partial charge in [0.15, 0.2) is 0 Å². The zero-order chi connectivity index (χ0) is 11.8. The predicted octanol–water partition coefficient (Wildman–Crippen LogP) is 1.31. The van der Waals surface area contributed by atoms with Gasteiger partial charge in [0.05, 0.1) is 7.11 Å². The fraction of sp³-hybridized carbons (Fsp3) is 0.636. The van der Waals surface area contributed by atoms with Gasteiger partial charge in [-0.15, -0.1) is 0 Å². The molecule has 0 amide bonds. The van der Waals surface area contributed by atoms with Gasteiger partial charge >= 0.3 is 0 Å². The van der Waals surface area contributed by atoms with Crippen LogP contribution in [0.5, 0.6) is 5.88 Å². The lowest BCUT2D eigenvalue weighted by molar-refractivity contribution is 0.258. The van der Waals surface area contributed by atoms with Gasteiger partial charge in [-0.3, -0.25) is 0 Å². The van der Waals surface area contributed by atoms with Crippen LogP contribution in [0.3, 0.4) is 0 Å². The molecule has 1 aromatic heterocycles. The van der Waals surface area contributed by atoms with Gasteiger partial charge in [-0.05, 0) is 12.3 Å². The van der Waals surface area contributed by atoms with Gasteiger partial charge in [0.1, 0.15) is 0 Å². The number of rotatable bonds is 7. The molecule has 1 rings (SSSR count). The summed E-state index contributed by atoms with van der Waals surface area (Å²) in [6.07, 6.45) is 3.48. The first kappa shape index (κ1) is 12.7. The molecule has 0 aliphatic carbocycles. The second kappa shape index (κ2) is 7.00. The summed E-state index contributed by atoms with van der Waals surface area (Å²) < 4.78 is 5.00. The van der Waals surface area contributed by atoms with E-state index in [2.05, 4.69) is 22.2 Å². The van der Waals surface area contributed by atoms with Gasteiger partial charge in [0.2, 0.25) is 11.8 Å².